The van der Waals surface area contributed by atoms with Crippen LogP contribution in [-0.4, -0.2) is 15.5 Å². The summed E-state index contributed by atoms with van der Waals surface area (Å²) < 4.78 is 67.9. The molecule has 0 aliphatic carbocycles. The lowest BCUT2D eigenvalue weighted by molar-refractivity contribution is -0.139. The molecule has 27 heavy (non-hydrogen) atoms. The summed E-state index contributed by atoms with van der Waals surface area (Å²) in [5, 5.41) is 7.96. The van der Waals surface area contributed by atoms with Gasteiger partial charge in [-0.1, -0.05) is 26.0 Å². The highest BCUT2D eigenvalue weighted by Gasteiger charge is 2.36. The Labute approximate surface area is 156 Å². The summed E-state index contributed by atoms with van der Waals surface area (Å²) in [5.41, 5.74) is -0.300. The smallest absolute Gasteiger partial charge is 0.417 e. The molecule has 0 aliphatic rings. The first-order valence-electron chi connectivity index (χ1n) is 8.08. The van der Waals surface area contributed by atoms with Gasteiger partial charge >= 0.3 is 6.18 Å². The fourth-order valence-electron chi connectivity index (χ4n) is 2.72. The Bertz CT molecular complexity index is 895. The number of halogens is 3. The van der Waals surface area contributed by atoms with Crippen molar-refractivity contribution in [2.45, 2.75) is 31.0 Å². The van der Waals surface area contributed by atoms with Gasteiger partial charge < -0.3 is 10.1 Å². The standard InChI is InChI=1S/C18H21F3N2O3S/c1-11(2)17(12-4-7-14(26-3)8-5-12)23-13-6-9-16(27(22,24)25)15(10-13)18(19,20)21/h4-11,17,23H,1-3H3,(H2,22,24,25). The molecule has 9 heteroatoms. The highest BCUT2D eigenvalue weighted by molar-refractivity contribution is 7.89. The maximum Gasteiger partial charge on any atom is 0.417 e. The van der Waals surface area contributed by atoms with Crippen LogP contribution in [0, 0.1) is 5.92 Å². The molecule has 2 aromatic carbocycles. The number of anilines is 1. The van der Waals surface area contributed by atoms with E-state index in [1.165, 1.54) is 6.07 Å². The molecule has 0 heterocycles. The van der Waals surface area contributed by atoms with Crippen LogP contribution < -0.4 is 15.2 Å². The Morgan fingerprint density at radius 1 is 1.07 bits per heavy atom. The van der Waals surface area contributed by atoms with E-state index in [0.717, 1.165) is 17.7 Å². The second-order valence-electron chi connectivity index (χ2n) is 6.39. The summed E-state index contributed by atoms with van der Waals surface area (Å²) in [7, 11) is -2.96. The quantitative estimate of drug-likeness (QED) is 0.760. The van der Waals surface area contributed by atoms with Crippen molar-refractivity contribution >= 4 is 15.7 Å². The average molecular weight is 402 g/mol. The van der Waals surface area contributed by atoms with Crippen LogP contribution in [0.3, 0.4) is 0 Å². The predicted molar refractivity (Wildman–Crippen MR) is 97.0 cm³/mol. The van der Waals surface area contributed by atoms with Crippen LogP contribution in [0.5, 0.6) is 5.75 Å². The van der Waals surface area contributed by atoms with Crippen molar-refractivity contribution in [2.75, 3.05) is 12.4 Å². The lowest BCUT2D eigenvalue weighted by Gasteiger charge is -2.25. The number of nitrogens with one attached hydrogen (secondary N) is 1. The lowest BCUT2D eigenvalue weighted by Crippen LogP contribution is -2.21. The van der Waals surface area contributed by atoms with Crippen LogP contribution in [0.2, 0.25) is 0 Å². The molecule has 0 spiro atoms. The normalized spacial score (nSPS) is 13.5. The SMILES string of the molecule is COc1ccc(C(Nc2ccc(S(N)(=O)=O)c(C(F)(F)F)c2)C(C)C)cc1. The zero-order valence-corrected chi connectivity index (χ0v) is 15.9. The molecule has 2 rings (SSSR count). The first-order chi connectivity index (χ1) is 12.4. The third-order valence-electron chi connectivity index (χ3n) is 4.06. The number of hydrogen-bond donors (Lipinski definition) is 2. The molecule has 0 aliphatic heterocycles. The Balaban J connectivity index is 2.43. The molecule has 5 nitrogen and oxygen atoms in total. The number of rotatable bonds is 6. The van der Waals surface area contributed by atoms with Gasteiger partial charge in [-0.05, 0) is 41.8 Å². The second kappa shape index (κ2) is 7.77. The Kier molecular flexibility index (Phi) is 6.06. The van der Waals surface area contributed by atoms with E-state index in [-0.39, 0.29) is 17.6 Å². The maximum absolute atomic E-state index is 13.3. The number of sulfonamides is 1. The molecule has 0 fully saturated rings. The van der Waals surface area contributed by atoms with E-state index in [1.54, 1.807) is 19.2 Å². The molecule has 0 saturated carbocycles. The molecule has 0 radical (unpaired) electrons. The molecule has 0 saturated heterocycles. The Morgan fingerprint density at radius 3 is 2.11 bits per heavy atom. The van der Waals surface area contributed by atoms with E-state index in [2.05, 4.69) is 5.32 Å². The first-order valence-corrected chi connectivity index (χ1v) is 9.62. The van der Waals surface area contributed by atoms with Gasteiger partial charge in [-0.3, -0.25) is 0 Å². The van der Waals surface area contributed by atoms with Gasteiger partial charge in [-0.25, -0.2) is 13.6 Å². The highest BCUT2D eigenvalue weighted by Crippen LogP contribution is 2.37. The largest absolute Gasteiger partial charge is 0.497 e. The fraction of sp³-hybridized carbons (Fsp3) is 0.333. The number of nitrogens with two attached hydrogens (primary N) is 1. The number of alkyl halides is 3. The molecule has 2 aromatic rings. The molecule has 1 unspecified atom stereocenters. The number of ether oxygens (including phenoxy) is 1. The predicted octanol–water partition coefficient (Wildman–Crippen LogP) is 4.17. The molecular formula is C18H21F3N2O3S. The molecule has 148 valence electrons. The van der Waals surface area contributed by atoms with Crippen molar-refractivity contribution in [1.29, 1.82) is 0 Å². The third kappa shape index (κ3) is 5.14. The van der Waals surface area contributed by atoms with Crippen LogP contribution in [0.4, 0.5) is 18.9 Å². The zero-order chi connectivity index (χ0) is 20.4. The number of primary sulfonamides is 1. The molecule has 0 aromatic heterocycles. The summed E-state index contributed by atoms with van der Waals surface area (Å²) in [6.07, 6.45) is -4.85. The van der Waals surface area contributed by atoms with Gasteiger partial charge in [0.2, 0.25) is 10.0 Å². The van der Waals surface area contributed by atoms with Crippen molar-refractivity contribution in [3.63, 3.8) is 0 Å². The minimum atomic E-state index is -4.85. The van der Waals surface area contributed by atoms with Crippen molar-refractivity contribution in [3.05, 3.63) is 53.6 Å². The minimum Gasteiger partial charge on any atom is -0.497 e. The number of benzene rings is 2. The Hall–Kier alpha value is -2.26. The van der Waals surface area contributed by atoms with Gasteiger partial charge in [0, 0.05) is 5.69 Å². The molecule has 1 atom stereocenters. The second-order valence-corrected chi connectivity index (χ2v) is 7.92. The van der Waals surface area contributed by atoms with Crippen molar-refractivity contribution in [1.82, 2.24) is 0 Å². The van der Waals surface area contributed by atoms with E-state index >= 15 is 0 Å². The van der Waals surface area contributed by atoms with Gasteiger partial charge in [0.15, 0.2) is 0 Å². The van der Waals surface area contributed by atoms with Crippen LogP contribution in [0.15, 0.2) is 47.4 Å². The summed E-state index contributed by atoms with van der Waals surface area (Å²) in [6.45, 7) is 3.84. The van der Waals surface area contributed by atoms with Gasteiger partial charge in [-0.2, -0.15) is 13.2 Å². The van der Waals surface area contributed by atoms with Crippen molar-refractivity contribution < 1.29 is 26.3 Å². The van der Waals surface area contributed by atoms with Crippen LogP contribution in [0.1, 0.15) is 31.0 Å². The van der Waals surface area contributed by atoms with E-state index < -0.39 is 26.7 Å². The molecular weight excluding hydrogens is 381 g/mol. The van der Waals surface area contributed by atoms with Crippen molar-refractivity contribution in [2.24, 2.45) is 11.1 Å². The van der Waals surface area contributed by atoms with Gasteiger partial charge in [-0.15, -0.1) is 0 Å². The third-order valence-corrected chi connectivity index (χ3v) is 5.02. The fourth-order valence-corrected chi connectivity index (χ4v) is 3.45. The molecule has 3 N–H and O–H groups in total. The van der Waals surface area contributed by atoms with Gasteiger partial charge in [0.1, 0.15) is 5.75 Å². The number of hydrogen-bond acceptors (Lipinski definition) is 4. The lowest BCUT2D eigenvalue weighted by atomic mass is 9.95. The molecule has 0 bridgehead atoms. The summed E-state index contributed by atoms with van der Waals surface area (Å²) in [4.78, 5) is -0.953. The van der Waals surface area contributed by atoms with Crippen LogP contribution >= 0.6 is 0 Å². The highest BCUT2D eigenvalue weighted by atomic mass is 32.2. The summed E-state index contributed by atoms with van der Waals surface area (Å²) in [6, 6.07) is 9.77. The maximum atomic E-state index is 13.3. The monoisotopic (exact) mass is 402 g/mol. The van der Waals surface area contributed by atoms with E-state index in [4.69, 9.17) is 9.88 Å². The first kappa shape index (κ1) is 21.0. The van der Waals surface area contributed by atoms with E-state index in [1.807, 2.05) is 26.0 Å². The Morgan fingerprint density at radius 2 is 1.67 bits per heavy atom. The summed E-state index contributed by atoms with van der Waals surface area (Å²) >= 11 is 0. The topological polar surface area (TPSA) is 81.4 Å². The van der Waals surface area contributed by atoms with Crippen LogP contribution in [-0.2, 0) is 16.2 Å². The van der Waals surface area contributed by atoms with Crippen LogP contribution in [0.25, 0.3) is 0 Å². The summed E-state index contributed by atoms with van der Waals surface area (Å²) in [5.74, 6) is 0.712. The number of methoxy groups -OCH3 is 1. The van der Waals surface area contributed by atoms with E-state index in [9.17, 15) is 21.6 Å². The molecule has 0 amide bonds. The van der Waals surface area contributed by atoms with Crippen molar-refractivity contribution in [3.8, 4) is 5.75 Å². The van der Waals surface area contributed by atoms with Gasteiger partial charge in [0.05, 0.1) is 23.6 Å². The minimum absolute atomic E-state index is 0.0469. The van der Waals surface area contributed by atoms with Gasteiger partial charge in [0.25, 0.3) is 0 Å². The zero-order valence-electron chi connectivity index (χ0n) is 15.0. The van der Waals surface area contributed by atoms with E-state index in [0.29, 0.717) is 5.75 Å². The average Bonchev–Trinajstić information content (AvgIpc) is 2.58.